The fraction of sp³-hybridized carbons (Fsp3) is 0.312. The predicted molar refractivity (Wildman–Crippen MR) is 91.3 cm³/mol. The van der Waals surface area contributed by atoms with Gasteiger partial charge in [-0.1, -0.05) is 12.1 Å². The maximum atomic E-state index is 4.88. The Labute approximate surface area is 132 Å². The van der Waals surface area contributed by atoms with Gasteiger partial charge >= 0.3 is 0 Å². The van der Waals surface area contributed by atoms with E-state index in [0.29, 0.717) is 0 Å². The van der Waals surface area contributed by atoms with Gasteiger partial charge in [0.1, 0.15) is 11.6 Å². The molecule has 0 atom stereocenters. The Morgan fingerprint density at radius 1 is 1.29 bits per heavy atom. The van der Waals surface area contributed by atoms with Crippen molar-refractivity contribution in [2.24, 2.45) is 0 Å². The third-order valence-corrected chi connectivity index (χ3v) is 6.13. The highest BCUT2D eigenvalue weighted by molar-refractivity contribution is 7.22. The maximum absolute atomic E-state index is 4.88. The molecule has 0 fully saturated rings. The highest BCUT2D eigenvalue weighted by atomic mass is 32.1. The van der Waals surface area contributed by atoms with E-state index in [1.54, 1.807) is 0 Å². The van der Waals surface area contributed by atoms with Crippen LogP contribution in [0.25, 0.3) is 20.8 Å². The lowest BCUT2D eigenvalue weighted by Gasteiger charge is -2.10. The number of hydrogen-bond donors (Lipinski definition) is 2. The van der Waals surface area contributed by atoms with Gasteiger partial charge in [0.05, 0.1) is 26.6 Å². The molecule has 2 aromatic heterocycles. The number of nitrogens with one attached hydrogen (secondary N) is 1. The standard InChI is InChI=1S/C16H17N3S2/c1-2-18-15-14(10-7-8-17-9-13(10)21-15)16-19-11-5-3-4-6-12(11)20-16/h3-6,17-18H,2,7-9H2,1H3/p+1. The van der Waals surface area contributed by atoms with Crippen LogP contribution in [0.2, 0.25) is 0 Å². The third-order valence-electron chi connectivity index (χ3n) is 3.86. The fourth-order valence-electron chi connectivity index (χ4n) is 2.91. The van der Waals surface area contributed by atoms with E-state index >= 15 is 0 Å². The number of thiophene rings is 1. The Hall–Kier alpha value is -1.43. The number of hydrogen-bond acceptors (Lipinski definition) is 4. The Morgan fingerprint density at radius 2 is 2.19 bits per heavy atom. The minimum Gasteiger partial charge on any atom is -0.377 e. The second-order valence-electron chi connectivity index (χ2n) is 5.26. The third kappa shape index (κ3) is 2.25. The van der Waals surface area contributed by atoms with E-state index in [-0.39, 0.29) is 0 Å². The quantitative estimate of drug-likeness (QED) is 0.780. The van der Waals surface area contributed by atoms with Crippen molar-refractivity contribution in [3.8, 4) is 10.6 Å². The van der Waals surface area contributed by atoms with E-state index in [4.69, 9.17) is 4.98 Å². The molecule has 3 aromatic rings. The Kier molecular flexibility index (Phi) is 3.41. The number of para-hydroxylation sites is 1. The number of thiazole rings is 1. The van der Waals surface area contributed by atoms with E-state index < -0.39 is 0 Å². The summed E-state index contributed by atoms with van der Waals surface area (Å²) in [5.41, 5.74) is 4.01. The summed E-state index contributed by atoms with van der Waals surface area (Å²) in [5, 5.41) is 8.42. The molecule has 3 N–H and O–H groups in total. The normalized spacial score (nSPS) is 14.3. The topological polar surface area (TPSA) is 41.5 Å². The molecule has 0 spiro atoms. The molecular weight excluding hydrogens is 298 g/mol. The van der Waals surface area contributed by atoms with Gasteiger partial charge in [-0.25, -0.2) is 4.98 Å². The van der Waals surface area contributed by atoms with Crippen LogP contribution in [0.15, 0.2) is 24.3 Å². The number of aromatic nitrogens is 1. The lowest BCUT2D eigenvalue weighted by Crippen LogP contribution is -2.84. The van der Waals surface area contributed by atoms with Gasteiger partial charge in [0.2, 0.25) is 0 Å². The number of quaternary nitrogens is 1. The Morgan fingerprint density at radius 3 is 3.05 bits per heavy atom. The first-order valence-corrected chi connectivity index (χ1v) is 9.06. The van der Waals surface area contributed by atoms with Crippen LogP contribution in [0.4, 0.5) is 5.00 Å². The summed E-state index contributed by atoms with van der Waals surface area (Å²) in [4.78, 5) is 6.40. The maximum Gasteiger partial charge on any atom is 0.127 e. The molecule has 1 aromatic carbocycles. The van der Waals surface area contributed by atoms with E-state index in [0.717, 1.165) is 25.0 Å². The van der Waals surface area contributed by atoms with Gasteiger partial charge in [-0.2, -0.15) is 0 Å². The summed E-state index contributed by atoms with van der Waals surface area (Å²) in [5.74, 6) is 0. The van der Waals surface area contributed by atoms with Crippen LogP contribution in [-0.4, -0.2) is 18.1 Å². The molecule has 0 saturated carbocycles. The predicted octanol–water partition coefficient (Wildman–Crippen LogP) is 3.08. The molecule has 0 unspecified atom stereocenters. The van der Waals surface area contributed by atoms with Gasteiger partial charge < -0.3 is 10.6 Å². The van der Waals surface area contributed by atoms with Crippen molar-refractivity contribution in [3.63, 3.8) is 0 Å². The van der Waals surface area contributed by atoms with E-state index in [9.17, 15) is 0 Å². The molecule has 21 heavy (non-hydrogen) atoms. The number of benzene rings is 1. The molecule has 3 nitrogen and oxygen atoms in total. The van der Waals surface area contributed by atoms with Crippen LogP contribution in [0.1, 0.15) is 17.4 Å². The first-order valence-electron chi connectivity index (χ1n) is 7.43. The van der Waals surface area contributed by atoms with Gasteiger partial charge in [-0.05, 0) is 24.6 Å². The first-order chi connectivity index (χ1) is 10.4. The van der Waals surface area contributed by atoms with E-state index in [2.05, 4.69) is 41.8 Å². The summed E-state index contributed by atoms with van der Waals surface area (Å²) < 4.78 is 1.28. The summed E-state index contributed by atoms with van der Waals surface area (Å²) in [6, 6.07) is 8.42. The Bertz CT molecular complexity index is 755. The summed E-state index contributed by atoms with van der Waals surface area (Å²) in [6.07, 6.45) is 1.16. The molecule has 108 valence electrons. The Balaban J connectivity index is 1.91. The molecule has 3 heterocycles. The molecular formula is C16H18N3S2+. The fourth-order valence-corrected chi connectivity index (χ4v) is 5.33. The zero-order valence-corrected chi connectivity index (χ0v) is 13.6. The van der Waals surface area contributed by atoms with Crippen LogP contribution in [0.5, 0.6) is 0 Å². The van der Waals surface area contributed by atoms with Crippen molar-refractivity contribution in [1.82, 2.24) is 4.98 Å². The van der Waals surface area contributed by atoms with E-state index in [1.165, 1.54) is 37.3 Å². The monoisotopic (exact) mass is 316 g/mol. The van der Waals surface area contributed by atoms with Gasteiger partial charge in [-0.15, -0.1) is 22.7 Å². The summed E-state index contributed by atoms with van der Waals surface area (Å²) in [7, 11) is 0. The van der Waals surface area contributed by atoms with Crippen LogP contribution >= 0.6 is 22.7 Å². The number of fused-ring (bicyclic) bond motifs is 2. The largest absolute Gasteiger partial charge is 0.377 e. The van der Waals surface area contributed by atoms with Crippen molar-refractivity contribution in [3.05, 3.63) is 34.7 Å². The molecule has 5 heteroatoms. The smallest absolute Gasteiger partial charge is 0.127 e. The zero-order chi connectivity index (χ0) is 14.2. The number of anilines is 1. The first kappa shape index (κ1) is 13.2. The molecule has 1 aliphatic heterocycles. The zero-order valence-electron chi connectivity index (χ0n) is 12.0. The molecule has 0 bridgehead atoms. The lowest BCUT2D eigenvalue weighted by atomic mass is 10.0. The molecule has 0 saturated heterocycles. The van der Waals surface area contributed by atoms with Crippen molar-refractivity contribution >= 4 is 37.9 Å². The van der Waals surface area contributed by atoms with Crippen molar-refractivity contribution < 1.29 is 5.32 Å². The minimum atomic E-state index is 0.959. The van der Waals surface area contributed by atoms with Gasteiger partial charge in [-0.3, -0.25) is 0 Å². The van der Waals surface area contributed by atoms with Crippen LogP contribution in [0, 0.1) is 0 Å². The second kappa shape index (κ2) is 5.40. The molecule has 4 rings (SSSR count). The molecule has 0 radical (unpaired) electrons. The number of rotatable bonds is 3. The minimum absolute atomic E-state index is 0.959. The average molecular weight is 316 g/mol. The second-order valence-corrected chi connectivity index (χ2v) is 7.39. The number of nitrogens with two attached hydrogens (primary N) is 1. The molecule has 0 aliphatic carbocycles. The van der Waals surface area contributed by atoms with Gasteiger partial charge in [0.25, 0.3) is 0 Å². The lowest BCUT2D eigenvalue weighted by molar-refractivity contribution is -0.672. The molecule has 0 amide bonds. The SMILES string of the molecule is CCNc1sc2c(c1-c1nc3ccccc3s1)CC[NH2+]C2. The van der Waals surface area contributed by atoms with Crippen molar-refractivity contribution in [2.75, 3.05) is 18.4 Å². The van der Waals surface area contributed by atoms with Crippen molar-refractivity contribution in [1.29, 1.82) is 0 Å². The van der Waals surface area contributed by atoms with Crippen LogP contribution < -0.4 is 10.6 Å². The average Bonchev–Trinajstić information content (AvgIpc) is 3.07. The molecule has 1 aliphatic rings. The van der Waals surface area contributed by atoms with E-state index in [1.807, 2.05) is 22.7 Å². The van der Waals surface area contributed by atoms with Crippen LogP contribution in [0.3, 0.4) is 0 Å². The van der Waals surface area contributed by atoms with Gasteiger partial charge in [0.15, 0.2) is 0 Å². The highest BCUT2D eigenvalue weighted by Gasteiger charge is 2.25. The highest BCUT2D eigenvalue weighted by Crippen LogP contribution is 2.44. The van der Waals surface area contributed by atoms with Crippen molar-refractivity contribution in [2.45, 2.75) is 19.9 Å². The van der Waals surface area contributed by atoms with Crippen LogP contribution in [-0.2, 0) is 13.0 Å². The van der Waals surface area contributed by atoms with Gasteiger partial charge in [0, 0.05) is 18.5 Å². The number of nitrogens with zero attached hydrogens (tertiary/aromatic N) is 1. The summed E-state index contributed by atoms with van der Waals surface area (Å²) in [6.45, 7) is 5.42. The summed E-state index contributed by atoms with van der Waals surface area (Å²) >= 11 is 3.73.